The molecule has 170 valence electrons. The van der Waals surface area contributed by atoms with Gasteiger partial charge in [0.25, 0.3) is 0 Å². The second kappa shape index (κ2) is 9.80. The molecule has 2 aliphatic heterocycles. The number of nitrogens with zero attached hydrogens (tertiary/aromatic N) is 3. The Morgan fingerprint density at radius 2 is 1.62 bits per heavy atom. The van der Waals surface area contributed by atoms with E-state index in [1.54, 1.807) is 37.3 Å². The van der Waals surface area contributed by atoms with E-state index in [0.717, 1.165) is 31.5 Å². The van der Waals surface area contributed by atoms with Crippen LogP contribution in [0.15, 0.2) is 48.5 Å². The number of amides is 4. The zero-order valence-corrected chi connectivity index (χ0v) is 18.6. The molecular formula is C24H30N4O4. The molecule has 2 aromatic carbocycles. The van der Waals surface area contributed by atoms with Crippen LogP contribution in [0.3, 0.4) is 0 Å². The quantitative estimate of drug-likeness (QED) is 0.747. The van der Waals surface area contributed by atoms with Crippen LogP contribution in [0.25, 0.3) is 0 Å². The molecule has 0 unspecified atom stereocenters. The van der Waals surface area contributed by atoms with Crippen LogP contribution >= 0.6 is 0 Å². The molecular weight excluding hydrogens is 408 g/mol. The van der Waals surface area contributed by atoms with E-state index in [9.17, 15) is 9.59 Å². The second-order valence-electron chi connectivity index (χ2n) is 8.13. The highest BCUT2D eigenvalue weighted by Crippen LogP contribution is 2.27. The van der Waals surface area contributed by atoms with Crippen molar-refractivity contribution in [2.75, 3.05) is 45.7 Å². The minimum absolute atomic E-state index is 0.0974. The largest absolute Gasteiger partial charge is 0.497 e. The number of hydrogen-bond donors (Lipinski definition) is 1. The Kier molecular flexibility index (Phi) is 6.68. The average molecular weight is 439 g/mol. The lowest BCUT2D eigenvalue weighted by Crippen LogP contribution is -2.49. The molecule has 0 spiro atoms. The molecule has 0 saturated carbocycles. The van der Waals surface area contributed by atoms with Crippen LogP contribution in [-0.4, -0.2) is 73.2 Å². The zero-order chi connectivity index (χ0) is 22.5. The molecule has 32 heavy (non-hydrogen) atoms. The van der Waals surface area contributed by atoms with Crippen molar-refractivity contribution in [3.8, 4) is 11.5 Å². The van der Waals surface area contributed by atoms with E-state index in [2.05, 4.69) is 5.32 Å². The number of ether oxygens (including phenoxy) is 2. The standard InChI is InChI=1S/C24H30N4O4/c1-31-21-14-19(15-22(16-21)32-2)25-23(29)26-10-8-20(9-11-26)28-13-12-27(24(28)30)17-18-6-4-3-5-7-18/h3-7,14-16,20H,8-13,17H2,1-2H3,(H,25,29). The first-order chi connectivity index (χ1) is 15.6. The van der Waals surface area contributed by atoms with Crippen molar-refractivity contribution < 1.29 is 19.1 Å². The lowest BCUT2D eigenvalue weighted by Gasteiger charge is -2.36. The van der Waals surface area contributed by atoms with E-state index >= 15 is 0 Å². The van der Waals surface area contributed by atoms with Gasteiger partial charge < -0.3 is 29.5 Å². The molecule has 0 aliphatic carbocycles. The lowest BCUT2D eigenvalue weighted by atomic mass is 10.0. The van der Waals surface area contributed by atoms with E-state index in [-0.39, 0.29) is 18.1 Å². The first kappa shape index (κ1) is 21.8. The zero-order valence-electron chi connectivity index (χ0n) is 18.6. The monoisotopic (exact) mass is 438 g/mol. The summed E-state index contributed by atoms with van der Waals surface area (Å²) in [5, 5.41) is 2.93. The van der Waals surface area contributed by atoms with Crippen LogP contribution < -0.4 is 14.8 Å². The lowest BCUT2D eigenvalue weighted by molar-refractivity contribution is 0.139. The maximum atomic E-state index is 12.9. The number of nitrogens with one attached hydrogen (secondary N) is 1. The van der Waals surface area contributed by atoms with Gasteiger partial charge >= 0.3 is 12.1 Å². The maximum absolute atomic E-state index is 12.9. The molecule has 2 heterocycles. The van der Waals surface area contributed by atoms with Gasteiger partial charge in [-0.25, -0.2) is 9.59 Å². The van der Waals surface area contributed by atoms with Crippen molar-refractivity contribution >= 4 is 17.7 Å². The molecule has 8 nitrogen and oxygen atoms in total. The van der Waals surface area contributed by atoms with Gasteiger partial charge in [0, 0.05) is 62.7 Å². The van der Waals surface area contributed by atoms with Crippen molar-refractivity contribution in [1.29, 1.82) is 0 Å². The average Bonchev–Trinajstić information content (AvgIpc) is 3.19. The third kappa shape index (κ3) is 4.90. The fraction of sp³-hybridized carbons (Fsp3) is 0.417. The number of likely N-dealkylation sites (tertiary alicyclic amines) is 1. The highest BCUT2D eigenvalue weighted by Gasteiger charge is 2.36. The molecule has 0 aromatic heterocycles. The van der Waals surface area contributed by atoms with Gasteiger partial charge in [-0.3, -0.25) is 0 Å². The van der Waals surface area contributed by atoms with Gasteiger partial charge in [0.1, 0.15) is 11.5 Å². The van der Waals surface area contributed by atoms with Crippen molar-refractivity contribution in [2.24, 2.45) is 0 Å². The number of piperidine rings is 1. The summed E-state index contributed by atoms with van der Waals surface area (Å²) in [5.41, 5.74) is 1.77. The highest BCUT2D eigenvalue weighted by atomic mass is 16.5. The normalized spacial score (nSPS) is 16.9. The number of anilines is 1. The van der Waals surface area contributed by atoms with Crippen LogP contribution in [0.4, 0.5) is 15.3 Å². The molecule has 2 fully saturated rings. The van der Waals surface area contributed by atoms with Gasteiger partial charge in [0.15, 0.2) is 0 Å². The van der Waals surface area contributed by atoms with Gasteiger partial charge in [0.2, 0.25) is 0 Å². The SMILES string of the molecule is COc1cc(NC(=O)N2CCC(N3CCN(Cc4ccccc4)C3=O)CC2)cc(OC)c1. The Balaban J connectivity index is 1.29. The minimum Gasteiger partial charge on any atom is -0.497 e. The third-order valence-corrected chi connectivity index (χ3v) is 6.14. The molecule has 8 heteroatoms. The Bertz CT molecular complexity index is 922. The van der Waals surface area contributed by atoms with Crippen LogP contribution in [0.1, 0.15) is 18.4 Å². The van der Waals surface area contributed by atoms with Crippen molar-refractivity contribution in [2.45, 2.75) is 25.4 Å². The second-order valence-corrected chi connectivity index (χ2v) is 8.13. The van der Waals surface area contributed by atoms with Crippen LogP contribution in [0.2, 0.25) is 0 Å². The van der Waals surface area contributed by atoms with Gasteiger partial charge in [0.05, 0.1) is 14.2 Å². The summed E-state index contributed by atoms with van der Waals surface area (Å²) in [5.74, 6) is 1.23. The molecule has 2 saturated heterocycles. The van der Waals surface area contributed by atoms with Crippen LogP contribution in [-0.2, 0) is 6.54 Å². The molecule has 1 N–H and O–H groups in total. The maximum Gasteiger partial charge on any atom is 0.321 e. The molecule has 0 atom stereocenters. The van der Waals surface area contributed by atoms with E-state index in [1.165, 1.54) is 0 Å². The van der Waals surface area contributed by atoms with Gasteiger partial charge in [-0.15, -0.1) is 0 Å². The fourth-order valence-electron chi connectivity index (χ4n) is 4.35. The summed E-state index contributed by atoms with van der Waals surface area (Å²) in [6.07, 6.45) is 1.56. The van der Waals surface area contributed by atoms with Gasteiger partial charge in [-0.2, -0.15) is 0 Å². The summed E-state index contributed by atoms with van der Waals surface area (Å²) >= 11 is 0. The number of carbonyl (C=O) groups excluding carboxylic acids is 2. The molecule has 0 radical (unpaired) electrons. The Morgan fingerprint density at radius 1 is 0.969 bits per heavy atom. The third-order valence-electron chi connectivity index (χ3n) is 6.14. The summed E-state index contributed by atoms with van der Waals surface area (Å²) in [4.78, 5) is 31.4. The predicted molar refractivity (Wildman–Crippen MR) is 122 cm³/mol. The van der Waals surface area contributed by atoms with Crippen molar-refractivity contribution in [3.63, 3.8) is 0 Å². The summed E-state index contributed by atoms with van der Waals surface area (Å²) in [7, 11) is 3.15. The van der Waals surface area contributed by atoms with E-state index in [1.807, 2.05) is 40.1 Å². The number of hydrogen-bond acceptors (Lipinski definition) is 4. The molecule has 2 aliphatic rings. The van der Waals surface area contributed by atoms with Gasteiger partial charge in [-0.1, -0.05) is 30.3 Å². The topological polar surface area (TPSA) is 74.4 Å². The van der Waals surface area contributed by atoms with E-state index < -0.39 is 0 Å². The number of rotatable bonds is 6. The van der Waals surface area contributed by atoms with Crippen LogP contribution in [0, 0.1) is 0 Å². The fourth-order valence-corrected chi connectivity index (χ4v) is 4.35. The highest BCUT2D eigenvalue weighted by molar-refractivity contribution is 5.90. The van der Waals surface area contributed by atoms with E-state index in [4.69, 9.17) is 9.47 Å². The summed E-state index contributed by atoms with van der Waals surface area (Å²) < 4.78 is 10.5. The predicted octanol–water partition coefficient (Wildman–Crippen LogP) is 3.64. The number of carbonyl (C=O) groups is 2. The Labute approximate surface area is 188 Å². The summed E-state index contributed by atoms with van der Waals surface area (Å²) in [6.45, 7) is 3.35. The molecule has 4 amide bonds. The van der Waals surface area contributed by atoms with Gasteiger partial charge in [-0.05, 0) is 18.4 Å². The van der Waals surface area contributed by atoms with E-state index in [0.29, 0.717) is 36.8 Å². The number of urea groups is 2. The van der Waals surface area contributed by atoms with Crippen molar-refractivity contribution in [3.05, 3.63) is 54.1 Å². The number of methoxy groups -OCH3 is 2. The molecule has 4 rings (SSSR count). The van der Waals surface area contributed by atoms with Crippen molar-refractivity contribution in [1.82, 2.24) is 14.7 Å². The van der Waals surface area contributed by atoms with Crippen LogP contribution in [0.5, 0.6) is 11.5 Å². The first-order valence-corrected chi connectivity index (χ1v) is 11.0. The molecule has 2 aromatic rings. The summed E-state index contributed by atoms with van der Waals surface area (Å²) in [6, 6.07) is 15.5. The Hall–Kier alpha value is -3.42. The first-order valence-electron chi connectivity index (χ1n) is 11.0. The number of benzene rings is 2. The minimum atomic E-state index is -0.155. The molecule has 0 bridgehead atoms. The smallest absolute Gasteiger partial charge is 0.321 e. The Morgan fingerprint density at radius 3 is 2.25 bits per heavy atom.